The van der Waals surface area contributed by atoms with Gasteiger partial charge in [-0.3, -0.25) is 4.79 Å². The van der Waals surface area contributed by atoms with Crippen LogP contribution in [0.3, 0.4) is 0 Å². The number of carbonyl (C=O) groups excluding carboxylic acids is 1. The highest BCUT2D eigenvalue weighted by atomic mass is 79.9. The molecule has 0 unspecified atom stereocenters. The Kier molecular flexibility index (Phi) is 4.23. The third kappa shape index (κ3) is 2.75. The fourth-order valence-electron chi connectivity index (χ4n) is 2.16. The molecule has 0 saturated carbocycles. The lowest BCUT2D eigenvalue weighted by Crippen LogP contribution is -2.07. The van der Waals surface area contributed by atoms with Crippen molar-refractivity contribution in [3.8, 4) is 5.75 Å². The minimum absolute atomic E-state index is 0.245. The minimum Gasteiger partial charge on any atom is -0.496 e. The molecule has 2 aromatic rings. The van der Waals surface area contributed by atoms with E-state index in [0.29, 0.717) is 21.3 Å². The maximum absolute atomic E-state index is 13.6. The van der Waals surface area contributed by atoms with Crippen LogP contribution in [0, 0.1) is 19.7 Å². The molecule has 104 valence electrons. The zero-order valence-electron chi connectivity index (χ0n) is 11.5. The van der Waals surface area contributed by atoms with E-state index in [1.807, 2.05) is 19.9 Å². The molecule has 0 aromatic heterocycles. The summed E-state index contributed by atoms with van der Waals surface area (Å²) in [5.41, 5.74) is 2.60. The Morgan fingerprint density at radius 3 is 2.50 bits per heavy atom. The Labute approximate surface area is 125 Å². The van der Waals surface area contributed by atoms with E-state index in [4.69, 9.17) is 4.74 Å². The van der Waals surface area contributed by atoms with E-state index in [1.54, 1.807) is 12.1 Å². The van der Waals surface area contributed by atoms with Crippen molar-refractivity contribution in [2.45, 2.75) is 13.8 Å². The van der Waals surface area contributed by atoms with Gasteiger partial charge in [0.25, 0.3) is 0 Å². The molecule has 2 aromatic carbocycles. The highest BCUT2D eigenvalue weighted by molar-refractivity contribution is 9.10. The van der Waals surface area contributed by atoms with E-state index in [0.717, 1.165) is 11.1 Å². The molecular weight excluding hydrogens is 323 g/mol. The number of carbonyl (C=O) groups is 1. The lowest BCUT2D eigenvalue weighted by molar-refractivity contribution is 0.103. The molecule has 2 nitrogen and oxygen atoms in total. The molecule has 0 heterocycles. The zero-order chi connectivity index (χ0) is 14.9. The van der Waals surface area contributed by atoms with Crippen molar-refractivity contribution in [1.29, 1.82) is 0 Å². The summed E-state index contributed by atoms with van der Waals surface area (Å²) < 4.78 is 19.2. The summed E-state index contributed by atoms with van der Waals surface area (Å²) in [5, 5.41) is 0. The van der Waals surface area contributed by atoms with Gasteiger partial charge in [-0.15, -0.1) is 0 Å². The number of methoxy groups -OCH3 is 1. The van der Waals surface area contributed by atoms with Crippen molar-refractivity contribution in [2.24, 2.45) is 0 Å². The molecular formula is C16H14BrFO2. The maximum Gasteiger partial charge on any atom is 0.197 e. The van der Waals surface area contributed by atoms with Crippen molar-refractivity contribution < 1.29 is 13.9 Å². The van der Waals surface area contributed by atoms with Gasteiger partial charge in [-0.1, -0.05) is 6.07 Å². The number of benzene rings is 2. The van der Waals surface area contributed by atoms with Crippen molar-refractivity contribution >= 4 is 21.7 Å². The fraction of sp³-hybridized carbons (Fsp3) is 0.188. The number of ether oxygens (including phenoxy) is 1. The second-order valence-corrected chi connectivity index (χ2v) is 5.47. The summed E-state index contributed by atoms with van der Waals surface area (Å²) >= 11 is 3.08. The zero-order valence-corrected chi connectivity index (χ0v) is 13.0. The van der Waals surface area contributed by atoms with Gasteiger partial charge < -0.3 is 4.74 Å². The maximum atomic E-state index is 13.6. The molecule has 0 aliphatic heterocycles. The van der Waals surface area contributed by atoms with E-state index >= 15 is 0 Å². The molecule has 0 aliphatic rings. The van der Waals surface area contributed by atoms with Crippen LogP contribution in [0.25, 0.3) is 0 Å². The van der Waals surface area contributed by atoms with E-state index in [9.17, 15) is 9.18 Å². The third-order valence-electron chi connectivity index (χ3n) is 3.07. The number of hydrogen-bond acceptors (Lipinski definition) is 2. The average Bonchev–Trinajstić information content (AvgIpc) is 2.40. The second kappa shape index (κ2) is 5.75. The Morgan fingerprint density at radius 2 is 1.90 bits per heavy atom. The highest BCUT2D eigenvalue weighted by Crippen LogP contribution is 2.28. The first-order valence-corrected chi connectivity index (χ1v) is 6.88. The van der Waals surface area contributed by atoms with E-state index < -0.39 is 5.82 Å². The van der Waals surface area contributed by atoms with Crippen molar-refractivity contribution in [3.63, 3.8) is 0 Å². The minimum atomic E-state index is -0.459. The topological polar surface area (TPSA) is 26.3 Å². The number of hydrogen-bond donors (Lipinski definition) is 0. The van der Waals surface area contributed by atoms with Crippen LogP contribution in [0.4, 0.5) is 4.39 Å². The number of rotatable bonds is 3. The summed E-state index contributed by atoms with van der Waals surface area (Å²) in [6.07, 6.45) is 0. The van der Waals surface area contributed by atoms with Gasteiger partial charge in [0.1, 0.15) is 11.6 Å². The molecule has 0 radical (unpaired) electrons. The fourth-order valence-corrected chi connectivity index (χ4v) is 2.41. The Bertz CT molecular complexity index is 680. The lowest BCUT2D eigenvalue weighted by atomic mass is 9.96. The van der Waals surface area contributed by atoms with Crippen molar-refractivity contribution in [2.75, 3.05) is 7.11 Å². The van der Waals surface area contributed by atoms with Crippen LogP contribution in [0.15, 0.2) is 34.8 Å². The summed E-state index contributed by atoms with van der Waals surface area (Å²) in [6, 6.07) is 8.05. The van der Waals surface area contributed by atoms with Crippen LogP contribution in [0.1, 0.15) is 27.0 Å². The first-order chi connectivity index (χ1) is 9.43. The molecule has 0 saturated heterocycles. The summed E-state index contributed by atoms with van der Waals surface area (Å²) in [6.45, 7) is 3.78. The lowest BCUT2D eigenvalue weighted by Gasteiger charge is -2.12. The summed E-state index contributed by atoms with van der Waals surface area (Å²) in [4.78, 5) is 12.6. The molecule has 0 N–H and O–H groups in total. The molecule has 0 amide bonds. The predicted octanol–water partition coefficient (Wildman–Crippen LogP) is 4.44. The van der Waals surface area contributed by atoms with Gasteiger partial charge in [0, 0.05) is 5.56 Å². The van der Waals surface area contributed by atoms with Crippen molar-refractivity contribution in [3.05, 3.63) is 62.9 Å². The normalized spacial score (nSPS) is 10.4. The Balaban J connectivity index is 2.55. The van der Waals surface area contributed by atoms with Crippen LogP contribution in [0.5, 0.6) is 5.75 Å². The van der Waals surface area contributed by atoms with Gasteiger partial charge in [0.2, 0.25) is 0 Å². The second-order valence-electron chi connectivity index (χ2n) is 4.62. The first-order valence-electron chi connectivity index (χ1n) is 6.09. The average molecular weight is 337 g/mol. The van der Waals surface area contributed by atoms with Gasteiger partial charge in [0.05, 0.1) is 17.1 Å². The van der Waals surface area contributed by atoms with Crippen LogP contribution < -0.4 is 4.74 Å². The van der Waals surface area contributed by atoms with Gasteiger partial charge in [0.15, 0.2) is 5.78 Å². The quantitative estimate of drug-likeness (QED) is 0.774. The first kappa shape index (κ1) is 14.7. The van der Waals surface area contributed by atoms with Gasteiger partial charge >= 0.3 is 0 Å². The molecule has 0 fully saturated rings. The Morgan fingerprint density at radius 1 is 1.20 bits per heavy atom. The smallest absolute Gasteiger partial charge is 0.197 e. The van der Waals surface area contributed by atoms with E-state index in [1.165, 1.54) is 19.2 Å². The standard InChI is InChI=1S/C16H14BrFO2/c1-9-6-10(2)15(14(7-9)20-3)16(19)11-4-5-12(17)13(18)8-11/h4-8H,1-3H3. The molecule has 20 heavy (non-hydrogen) atoms. The molecule has 0 atom stereocenters. The summed E-state index contributed by atoms with van der Waals surface area (Å²) in [7, 11) is 1.52. The Hall–Kier alpha value is -1.68. The SMILES string of the molecule is COc1cc(C)cc(C)c1C(=O)c1ccc(Br)c(F)c1. The van der Waals surface area contributed by atoms with Crippen LogP contribution in [0.2, 0.25) is 0 Å². The van der Waals surface area contributed by atoms with Crippen LogP contribution in [-0.4, -0.2) is 12.9 Å². The number of halogens is 2. The van der Waals surface area contributed by atoms with Crippen molar-refractivity contribution in [1.82, 2.24) is 0 Å². The van der Waals surface area contributed by atoms with Gasteiger partial charge in [-0.25, -0.2) is 4.39 Å². The van der Waals surface area contributed by atoms with Gasteiger partial charge in [-0.05, 0) is 65.2 Å². The van der Waals surface area contributed by atoms with E-state index in [2.05, 4.69) is 15.9 Å². The monoisotopic (exact) mass is 336 g/mol. The number of ketones is 1. The summed E-state index contributed by atoms with van der Waals surface area (Å²) in [5.74, 6) is -0.193. The highest BCUT2D eigenvalue weighted by Gasteiger charge is 2.18. The molecule has 0 aliphatic carbocycles. The van der Waals surface area contributed by atoms with Crippen LogP contribution in [-0.2, 0) is 0 Å². The molecule has 2 rings (SSSR count). The van der Waals surface area contributed by atoms with E-state index in [-0.39, 0.29) is 5.78 Å². The van der Waals surface area contributed by atoms with Crippen LogP contribution >= 0.6 is 15.9 Å². The van der Waals surface area contributed by atoms with Gasteiger partial charge in [-0.2, -0.15) is 0 Å². The largest absolute Gasteiger partial charge is 0.496 e. The third-order valence-corrected chi connectivity index (χ3v) is 3.72. The molecule has 0 spiro atoms. The molecule has 0 bridgehead atoms. The number of aryl methyl sites for hydroxylation is 2. The predicted molar refractivity (Wildman–Crippen MR) is 80.0 cm³/mol. The molecule has 4 heteroatoms.